The Hall–Kier alpha value is -3.80. The van der Waals surface area contributed by atoms with Crippen molar-refractivity contribution in [2.45, 2.75) is 50.9 Å². The number of anilines is 1. The van der Waals surface area contributed by atoms with Crippen LogP contribution < -0.4 is 10.6 Å². The van der Waals surface area contributed by atoms with Gasteiger partial charge in [-0.05, 0) is 61.6 Å². The molecule has 0 spiro atoms. The molecule has 10 nitrogen and oxygen atoms in total. The highest BCUT2D eigenvalue weighted by atomic mass is 32.1. The molecule has 6 rings (SSSR count). The quantitative estimate of drug-likeness (QED) is 0.291. The fourth-order valence-electron chi connectivity index (χ4n) is 5.47. The summed E-state index contributed by atoms with van der Waals surface area (Å²) in [6, 6.07) is 10.3. The van der Waals surface area contributed by atoms with Crippen LogP contribution in [0.4, 0.5) is 5.95 Å². The predicted molar refractivity (Wildman–Crippen MR) is 153 cm³/mol. The zero-order chi connectivity index (χ0) is 27.5. The van der Waals surface area contributed by atoms with Gasteiger partial charge in [0.25, 0.3) is 5.91 Å². The Morgan fingerprint density at radius 2 is 2.05 bits per heavy atom. The number of fused-ring (bicyclic) bond motifs is 1. The Morgan fingerprint density at radius 3 is 2.85 bits per heavy atom. The lowest BCUT2D eigenvalue weighted by atomic mass is 10.1. The number of imidazole rings is 1. The van der Waals surface area contributed by atoms with Gasteiger partial charge in [-0.15, -0.1) is 11.3 Å². The molecule has 2 fully saturated rings. The van der Waals surface area contributed by atoms with Crippen LogP contribution in [0.2, 0.25) is 0 Å². The minimum atomic E-state index is -0.251. The van der Waals surface area contributed by atoms with Crippen molar-refractivity contribution in [1.29, 1.82) is 0 Å². The fraction of sp³-hybridized carbons (Fsp3) is 0.379. The van der Waals surface area contributed by atoms with Crippen molar-refractivity contribution < 1.29 is 18.7 Å². The number of rotatable bonds is 9. The summed E-state index contributed by atoms with van der Waals surface area (Å²) >= 11 is 1.33. The summed E-state index contributed by atoms with van der Waals surface area (Å²) in [5, 5.41) is 6.66. The molecule has 2 amide bonds. The molecule has 11 heteroatoms. The standard InChI is InChI=1S/C29H32N6O4S/c1-2-27(36)34-11-3-4-21(34)17-35-23-6-5-19(15-31-20-9-12-38-13-10-20)14-22(23)32-29(35)33-28(37)26-8-7-25(40-26)24-16-30-18-39-24/h2,5-8,14,16,18,20-21,31H,1,3-4,9-13,15,17H2,(H,32,33,37). The molecule has 208 valence electrons. The number of carbonyl (C=O) groups is 2. The topological polar surface area (TPSA) is 115 Å². The summed E-state index contributed by atoms with van der Waals surface area (Å²) in [5.74, 6) is 0.755. The molecule has 1 aromatic carbocycles. The molecule has 0 bridgehead atoms. The summed E-state index contributed by atoms with van der Waals surface area (Å²) < 4.78 is 12.9. The molecule has 2 aliphatic heterocycles. The first-order valence-electron chi connectivity index (χ1n) is 13.6. The molecule has 0 radical (unpaired) electrons. The lowest BCUT2D eigenvalue weighted by molar-refractivity contribution is -0.126. The number of thiophene rings is 1. The van der Waals surface area contributed by atoms with Crippen LogP contribution >= 0.6 is 11.3 Å². The lowest BCUT2D eigenvalue weighted by Gasteiger charge is -2.25. The fourth-order valence-corrected chi connectivity index (χ4v) is 6.32. The van der Waals surface area contributed by atoms with Crippen LogP contribution in [0.1, 0.15) is 40.9 Å². The highest BCUT2D eigenvalue weighted by Gasteiger charge is 2.29. The molecule has 2 saturated heterocycles. The van der Waals surface area contributed by atoms with Crippen LogP contribution in [0.15, 0.2) is 60.0 Å². The number of hydrogen-bond acceptors (Lipinski definition) is 8. The van der Waals surface area contributed by atoms with E-state index in [1.54, 1.807) is 12.3 Å². The molecule has 1 atom stereocenters. The number of hydrogen-bond donors (Lipinski definition) is 2. The SMILES string of the molecule is C=CC(=O)N1CCCC1Cn1c(NC(=O)c2ccc(-c3cnco3)s2)nc2cc(CNC3CCOCC3)ccc21. The minimum Gasteiger partial charge on any atom is -0.443 e. The van der Waals surface area contributed by atoms with E-state index < -0.39 is 0 Å². The minimum absolute atomic E-state index is 0.00629. The number of carbonyl (C=O) groups excluding carboxylic acids is 2. The molecule has 0 saturated carbocycles. The Labute approximate surface area is 236 Å². The summed E-state index contributed by atoms with van der Waals surface area (Å²) in [5.41, 5.74) is 2.84. The van der Waals surface area contributed by atoms with Crippen molar-refractivity contribution in [3.8, 4) is 10.6 Å². The molecule has 40 heavy (non-hydrogen) atoms. The second-order valence-electron chi connectivity index (χ2n) is 10.2. The van der Waals surface area contributed by atoms with E-state index in [-0.39, 0.29) is 17.9 Å². The smallest absolute Gasteiger partial charge is 0.268 e. The first-order valence-corrected chi connectivity index (χ1v) is 14.4. The number of likely N-dealkylation sites (tertiary alicyclic amines) is 1. The highest BCUT2D eigenvalue weighted by Crippen LogP contribution is 2.30. The number of amides is 2. The van der Waals surface area contributed by atoms with Crippen molar-refractivity contribution in [3.05, 3.63) is 66.0 Å². The first-order chi connectivity index (χ1) is 19.6. The van der Waals surface area contributed by atoms with E-state index >= 15 is 0 Å². The highest BCUT2D eigenvalue weighted by molar-refractivity contribution is 7.17. The molecule has 5 heterocycles. The lowest BCUT2D eigenvalue weighted by Crippen LogP contribution is -2.37. The summed E-state index contributed by atoms with van der Waals surface area (Å²) in [7, 11) is 0. The van der Waals surface area contributed by atoms with Crippen molar-refractivity contribution >= 4 is 40.1 Å². The van der Waals surface area contributed by atoms with Crippen LogP contribution in [0, 0.1) is 0 Å². The Kier molecular flexibility index (Phi) is 7.76. The number of ether oxygens (including phenoxy) is 1. The second-order valence-corrected chi connectivity index (χ2v) is 11.2. The maximum absolute atomic E-state index is 13.3. The second kappa shape index (κ2) is 11.7. The third-order valence-corrected chi connectivity index (χ3v) is 8.69. The number of oxazole rings is 1. The number of aromatic nitrogens is 3. The van der Waals surface area contributed by atoms with E-state index in [2.05, 4.69) is 40.4 Å². The van der Waals surface area contributed by atoms with Crippen LogP contribution in [-0.4, -0.2) is 63.1 Å². The van der Waals surface area contributed by atoms with E-state index in [1.807, 2.05) is 15.5 Å². The zero-order valence-electron chi connectivity index (χ0n) is 22.2. The molecule has 0 aliphatic carbocycles. The Balaban J connectivity index is 1.27. The third kappa shape index (κ3) is 5.58. The third-order valence-electron chi connectivity index (χ3n) is 7.59. The summed E-state index contributed by atoms with van der Waals surface area (Å²) in [6.45, 7) is 7.22. The van der Waals surface area contributed by atoms with Crippen molar-refractivity contribution in [2.75, 3.05) is 25.1 Å². The molecule has 3 aromatic heterocycles. The molecule has 1 unspecified atom stereocenters. The monoisotopic (exact) mass is 560 g/mol. The molecule has 4 aromatic rings. The Bertz CT molecular complexity index is 1500. The maximum atomic E-state index is 13.3. The van der Waals surface area contributed by atoms with Gasteiger partial charge in [-0.25, -0.2) is 9.97 Å². The molecular formula is C29H32N6O4S. The van der Waals surface area contributed by atoms with E-state index in [4.69, 9.17) is 14.1 Å². The molecule has 2 aliphatic rings. The first kappa shape index (κ1) is 26.4. The number of benzene rings is 1. The van der Waals surface area contributed by atoms with Gasteiger partial charge < -0.3 is 23.9 Å². The average Bonchev–Trinajstić information content (AvgIpc) is 3.79. The van der Waals surface area contributed by atoms with Crippen molar-refractivity contribution in [2.24, 2.45) is 0 Å². The zero-order valence-corrected chi connectivity index (χ0v) is 23.0. The van der Waals surface area contributed by atoms with Crippen LogP contribution in [0.5, 0.6) is 0 Å². The van der Waals surface area contributed by atoms with Gasteiger partial charge in [-0.1, -0.05) is 12.6 Å². The maximum Gasteiger partial charge on any atom is 0.268 e. The van der Waals surface area contributed by atoms with Gasteiger partial charge in [0.05, 0.1) is 33.0 Å². The van der Waals surface area contributed by atoms with E-state index in [1.165, 1.54) is 23.8 Å². The van der Waals surface area contributed by atoms with E-state index in [9.17, 15) is 9.59 Å². The van der Waals surface area contributed by atoms with Gasteiger partial charge in [-0.2, -0.15) is 0 Å². The van der Waals surface area contributed by atoms with Crippen molar-refractivity contribution in [3.63, 3.8) is 0 Å². The van der Waals surface area contributed by atoms with Crippen LogP contribution in [0.25, 0.3) is 21.7 Å². The van der Waals surface area contributed by atoms with Crippen molar-refractivity contribution in [1.82, 2.24) is 24.8 Å². The molecule has 2 N–H and O–H groups in total. The van der Waals surface area contributed by atoms with Crippen LogP contribution in [0.3, 0.4) is 0 Å². The van der Waals surface area contributed by atoms with Gasteiger partial charge in [0, 0.05) is 38.9 Å². The van der Waals surface area contributed by atoms with Gasteiger partial charge in [-0.3, -0.25) is 14.9 Å². The Morgan fingerprint density at radius 1 is 1.18 bits per heavy atom. The number of nitrogens with one attached hydrogen (secondary N) is 2. The predicted octanol–water partition coefficient (Wildman–Crippen LogP) is 4.45. The summed E-state index contributed by atoms with van der Waals surface area (Å²) in [6.07, 6.45) is 8.19. The van der Waals surface area contributed by atoms with Gasteiger partial charge in [0.15, 0.2) is 12.2 Å². The van der Waals surface area contributed by atoms with Gasteiger partial charge >= 0.3 is 0 Å². The van der Waals surface area contributed by atoms with E-state index in [0.29, 0.717) is 35.7 Å². The van der Waals surface area contributed by atoms with Gasteiger partial charge in [0.1, 0.15) is 0 Å². The average molecular weight is 561 g/mol. The molecular weight excluding hydrogens is 528 g/mol. The van der Waals surface area contributed by atoms with E-state index in [0.717, 1.165) is 66.9 Å². The number of nitrogens with zero attached hydrogens (tertiary/aromatic N) is 4. The largest absolute Gasteiger partial charge is 0.443 e. The van der Waals surface area contributed by atoms with Gasteiger partial charge in [0.2, 0.25) is 11.9 Å². The normalized spacial score (nSPS) is 17.9. The summed E-state index contributed by atoms with van der Waals surface area (Å²) in [4.78, 5) is 37.9. The van der Waals surface area contributed by atoms with Crippen LogP contribution in [-0.2, 0) is 22.6 Å².